The fourth-order valence-electron chi connectivity index (χ4n) is 7.98. The second-order valence-corrected chi connectivity index (χ2v) is 30.0. The summed E-state index contributed by atoms with van der Waals surface area (Å²) in [5, 5.41) is 0. The van der Waals surface area contributed by atoms with Gasteiger partial charge in [0.25, 0.3) is 23.6 Å². The van der Waals surface area contributed by atoms with Crippen molar-refractivity contribution >= 4 is 48.8 Å². The van der Waals surface area contributed by atoms with Crippen LogP contribution in [0.3, 0.4) is 0 Å². The Labute approximate surface area is 346 Å². The Morgan fingerprint density at radius 3 is 1.41 bits per heavy atom. The fourth-order valence-corrected chi connectivity index (χ4v) is 22.2. The quantitative estimate of drug-likeness (QED) is 0.0763. The zero-order valence-electron chi connectivity index (χ0n) is 35.5. The molecule has 10 nitrogen and oxygen atoms in total. The molecule has 4 aromatic rings. The number of rotatable bonds is 17. The van der Waals surface area contributed by atoms with Crippen molar-refractivity contribution in [3.63, 3.8) is 0 Å². The SMILES string of the molecule is CCCC[Si](C)(C)O[Si](C)(C)O[Si](C)(C)CCCN1C(=O)c2ccc(Oc3ccc(C(C)(C)c4ccc(Oc5ccc6c(c5)C(=O)N(C)C6=O)cc4)cc3)cc2C1=O. The highest BCUT2D eigenvalue weighted by atomic mass is 28.5. The smallest absolute Gasteiger partial charge is 0.311 e. The summed E-state index contributed by atoms with van der Waals surface area (Å²) in [6.45, 7) is 20.1. The van der Waals surface area contributed by atoms with E-state index in [4.69, 9.17) is 17.7 Å². The van der Waals surface area contributed by atoms with Gasteiger partial charge in [0.05, 0.1) is 22.3 Å². The van der Waals surface area contributed by atoms with E-state index in [0.717, 1.165) is 34.5 Å². The molecule has 0 aliphatic carbocycles. The number of hydrogen-bond donors (Lipinski definition) is 0. The molecule has 0 aromatic heterocycles. The molecule has 2 heterocycles. The molecule has 13 heteroatoms. The summed E-state index contributed by atoms with van der Waals surface area (Å²) in [6, 6.07) is 27.5. The van der Waals surface area contributed by atoms with E-state index in [9.17, 15) is 19.2 Å². The number of fused-ring (bicyclic) bond motifs is 2. The third-order valence-corrected chi connectivity index (χ3v) is 22.4. The third-order valence-electron chi connectivity index (χ3n) is 11.0. The van der Waals surface area contributed by atoms with E-state index in [2.05, 4.69) is 60.1 Å². The highest BCUT2D eigenvalue weighted by molar-refractivity contribution is 6.87. The van der Waals surface area contributed by atoms with Crippen LogP contribution in [-0.4, -0.2) is 72.2 Å². The van der Waals surface area contributed by atoms with Gasteiger partial charge in [-0.2, -0.15) is 0 Å². The summed E-state index contributed by atoms with van der Waals surface area (Å²) in [7, 11) is -4.77. The maximum absolute atomic E-state index is 13.5. The highest BCUT2D eigenvalue weighted by Crippen LogP contribution is 2.36. The first-order valence-electron chi connectivity index (χ1n) is 20.1. The second-order valence-electron chi connectivity index (χ2n) is 17.6. The van der Waals surface area contributed by atoms with Gasteiger partial charge in [0, 0.05) is 19.0 Å². The normalized spacial score (nSPS) is 14.7. The minimum Gasteiger partial charge on any atom is -0.457 e. The molecular formula is C45H56N2O8Si3. The van der Waals surface area contributed by atoms with E-state index >= 15 is 0 Å². The summed E-state index contributed by atoms with van der Waals surface area (Å²) in [6.07, 6.45) is 3.01. The molecule has 0 radical (unpaired) electrons. The van der Waals surface area contributed by atoms with Crippen LogP contribution in [0, 0.1) is 0 Å². The fraction of sp³-hybridized carbons (Fsp3) is 0.378. The zero-order valence-corrected chi connectivity index (χ0v) is 38.5. The van der Waals surface area contributed by atoms with Gasteiger partial charge in [-0.3, -0.25) is 29.0 Å². The van der Waals surface area contributed by atoms with E-state index in [0.29, 0.717) is 58.2 Å². The molecule has 0 spiro atoms. The number of hydrogen-bond acceptors (Lipinski definition) is 8. The van der Waals surface area contributed by atoms with Crippen molar-refractivity contribution in [3.05, 3.63) is 118 Å². The molecule has 0 saturated carbocycles. The van der Waals surface area contributed by atoms with Gasteiger partial charge in [0.1, 0.15) is 23.0 Å². The van der Waals surface area contributed by atoms with Gasteiger partial charge >= 0.3 is 8.56 Å². The number of benzene rings is 4. The predicted octanol–water partition coefficient (Wildman–Crippen LogP) is 10.8. The van der Waals surface area contributed by atoms with E-state index in [1.807, 2.05) is 48.5 Å². The second kappa shape index (κ2) is 16.5. The number of ether oxygens (including phenoxy) is 2. The number of unbranched alkanes of at least 4 members (excludes halogenated alkanes) is 1. The number of carbonyl (C=O) groups excluding carboxylic acids is 4. The molecule has 0 fully saturated rings. The summed E-state index contributed by atoms with van der Waals surface area (Å²) in [5.41, 5.74) is 3.25. The highest BCUT2D eigenvalue weighted by Gasteiger charge is 2.40. The van der Waals surface area contributed by atoms with Crippen molar-refractivity contribution in [2.24, 2.45) is 0 Å². The van der Waals surface area contributed by atoms with Gasteiger partial charge in [-0.1, -0.05) is 57.9 Å². The standard InChI is InChI=1S/C45H56N2O8Si3/c1-11-12-27-56(5,6)54-58(9,10)55-57(7,8)28-13-26-47-43(50)38-25-23-36(30-40(38)44(47)51)53-34-20-16-32(17-21-34)45(2,3)31-14-18-33(19-15-31)52-35-22-24-37-39(29-35)42(49)46(4)41(37)48/h14-25,29-30H,11-13,26-28H2,1-10H3. The van der Waals surface area contributed by atoms with Crippen LogP contribution in [-0.2, 0) is 13.6 Å². The first-order valence-corrected chi connectivity index (χ1v) is 29.2. The minimum absolute atomic E-state index is 0.273. The zero-order chi connectivity index (χ0) is 42.2. The van der Waals surface area contributed by atoms with Crippen LogP contribution in [0.1, 0.15) is 92.6 Å². The number of amides is 4. The predicted molar refractivity (Wildman–Crippen MR) is 234 cm³/mol. The lowest BCUT2D eigenvalue weighted by atomic mass is 9.78. The molecule has 2 aliphatic heterocycles. The first-order chi connectivity index (χ1) is 27.2. The Morgan fingerprint density at radius 1 is 0.534 bits per heavy atom. The Balaban J connectivity index is 1.03. The molecule has 0 atom stereocenters. The monoisotopic (exact) mass is 836 g/mol. The molecule has 0 saturated heterocycles. The lowest BCUT2D eigenvalue weighted by Crippen LogP contribution is -2.52. The van der Waals surface area contributed by atoms with Crippen LogP contribution in [0.5, 0.6) is 23.0 Å². The van der Waals surface area contributed by atoms with E-state index in [1.165, 1.54) is 18.4 Å². The molecule has 58 heavy (non-hydrogen) atoms. The number of imide groups is 2. The van der Waals surface area contributed by atoms with Gasteiger partial charge in [-0.25, -0.2) is 0 Å². The molecule has 2 aliphatic rings. The van der Waals surface area contributed by atoms with E-state index in [-0.39, 0.29) is 29.0 Å². The molecule has 4 aromatic carbocycles. The number of carbonyl (C=O) groups is 4. The largest absolute Gasteiger partial charge is 0.457 e. The summed E-state index contributed by atoms with van der Waals surface area (Å²) in [5.74, 6) is 0.952. The van der Waals surface area contributed by atoms with E-state index in [1.54, 1.807) is 36.4 Å². The molecule has 6 rings (SSSR count). The van der Waals surface area contributed by atoms with Crippen LogP contribution in [0.2, 0.25) is 51.4 Å². The van der Waals surface area contributed by atoms with Gasteiger partial charge in [-0.15, -0.1) is 0 Å². The van der Waals surface area contributed by atoms with Crippen LogP contribution in [0.4, 0.5) is 0 Å². The lowest BCUT2D eigenvalue weighted by Gasteiger charge is -2.39. The van der Waals surface area contributed by atoms with Crippen LogP contribution < -0.4 is 9.47 Å². The van der Waals surface area contributed by atoms with Crippen molar-refractivity contribution < 1.29 is 36.9 Å². The topological polar surface area (TPSA) is 112 Å². The van der Waals surface area contributed by atoms with Crippen LogP contribution >= 0.6 is 0 Å². The third kappa shape index (κ3) is 9.45. The van der Waals surface area contributed by atoms with Crippen LogP contribution in [0.25, 0.3) is 0 Å². The number of nitrogens with zero attached hydrogens (tertiary/aromatic N) is 2. The Hall–Kier alpha value is -4.67. The van der Waals surface area contributed by atoms with Crippen molar-refractivity contribution in [2.75, 3.05) is 13.6 Å². The minimum atomic E-state index is -2.33. The van der Waals surface area contributed by atoms with Crippen molar-refractivity contribution in [1.29, 1.82) is 0 Å². The van der Waals surface area contributed by atoms with E-state index < -0.39 is 25.2 Å². The first kappa shape index (κ1) is 42.9. The molecule has 0 unspecified atom stereocenters. The van der Waals surface area contributed by atoms with Gasteiger partial charge < -0.3 is 17.7 Å². The molecule has 306 valence electrons. The van der Waals surface area contributed by atoms with Crippen molar-refractivity contribution in [2.45, 2.75) is 96.8 Å². The maximum atomic E-state index is 13.5. The van der Waals surface area contributed by atoms with Crippen molar-refractivity contribution in [3.8, 4) is 23.0 Å². The average Bonchev–Trinajstić information content (AvgIpc) is 3.52. The Bertz CT molecular complexity index is 2220. The molecule has 4 amide bonds. The molecule has 0 N–H and O–H groups in total. The Kier molecular flexibility index (Phi) is 12.2. The van der Waals surface area contributed by atoms with Gasteiger partial charge in [0.2, 0.25) is 0 Å². The Morgan fingerprint density at radius 2 is 0.931 bits per heavy atom. The summed E-state index contributed by atoms with van der Waals surface area (Å²) < 4.78 is 25.7. The van der Waals surface area contributed by atoms with Gasteiger partial charge in [0.15, 0.2) is 16.6 Å². The maximum Gasteiger partial charge on any atom is 0.311 e. The summed E-state index contributed by atoms with van der Waals surface area (Å²) in [4.78, 5) is 53.9. The van der Waals surface area contributed by atoms with Crippen LogP contribution in [0.15, 0.2) is 84.9 Å². The summed E-state index contributed by atoms with van der Waals surface area (Å²) >= 11 is 0. The van der Waals surface area contributed by atoms with Gasteiger partial charge in [-0.05, 0) is 130 Å². The van der Waals surface area contributed by atoms with Crippen molar-refractivity contribution in [1.82, 2.24) is 9.80 Å². The molecule has 0 bridgehead atoms. The molecular weight excluding hydrogens is 781 g/mol. The lowest BCUT2D eigenvalue weighted by molar-refractivity contribution is 0.0648. The average molecular weight is 837 g/mol.